The molecule has 138 valence electrons. The molecule has 3 aromatic rings. The Balaban J connectivity index is 1.44. The minimum absolute atomic E-state index is 0.0853. The van der Waals surface area contributed by atoms with Crippen LogP contribution in [0.5, 0.6) is 5.75 Å². The summed E-state index contributed by atoms with van der Waals surface area (Å²) in [4.78, 5) is 14.3. The normalized spacial score (nSPS) is 16.6. The van der Waals surface area contributed by atoms with Gasteiger partial charge in [0.15, 0.2) is 6.29 Å². The van der Waals surface area contributed by atoms with Crippen LogP contribution < -0.4 is 10.1 Å². The number of hydrogen-bond donors (Lipinski definition) is 2. The first-order valence-corrected chi connectivity index (χ1v) is 9.00. The molecule has 1 aliphatic rings. The molecular formula is C21H23N5O. The number of nitrogens with zero attached hydrogens (tertiary/aromatic N) is 3. The first kappa shape index (κ1) is 17.3. The number of aromatic nitrogens is 2. The summed E-state index contributed by atoms with van der Waals surface area (Å²) in [6, 6.07) is 10.1. The van der Waals surface area contributed by atoms with Crippen LogP contribution >= 0.6 is 0 Å². The van der Waals surface area contributed by atoms with Crippen LogP contribution in [0, 0.1) is 0 Å². The third-order valence-corrected chi connectivity index (χ3v) is 4.79. The van der Waals surface area contributed by atoms with Gasteiger partial charge in [0, 0.05) is 54.8 Å². The van der Waals surface area contributed by atoms with Crippen molar-refractivity contribution in [2.75, 3.05) is 20.7 Å². The molecule has 1 aromatic carbocycles. The van der Waals surface area contributed by atoms with Crippen LogP contribution in [0.2, 0.25) is 0 Å². The summed E-state index contributed by atoms with van der Waals surface area (Å²) in [7, 11) is 3.72. The van der Waals surface area contributed by atoms with Crippen LogP contribution in [0.15, 0.2) is 66.2 Å². The van der Waals surface area contributed by atoms with E-state index < -0.39 is 0 Å². The van der Waals surface area contributed by atoms with Gasteiger partial charge in [0.05, 0.1) is 12.8 Å². The van der Waals surface area contributed by atoms with Gasteiger partial charge in [-0.25, -0.2) is 4.99 Å². The Hall–Kier alpha value is -3.12. The summed E-state index contributed by atoms with van der Waals surface area (Å²) < 4.78 is 5.35. The Morgan fingerprint density at radius 1 is 1.22 bits per heavy atom. The van der Waals surface area contributed by atoms with Gasteiger partial charge in [-0.1, -0.05) is 0 Å². The number of fused-ring (bicyclic) bond motifs is 1. The van der Waals surface area contributed by atoms with Gasteiger partial charge in [0.25, 0.3) is 0 Å². The lowest BCUT2D eigenvalue weighted by Crippen LogP contribution is -2.42. The van der Waals surface area contributed by atoms with Crippen LogP contribution in [0.1, 0.15) is 11.1 Å². The summed E-state index contributed by atoms with van der Waals surface area (Å²) in [6.45, 7) is 0.820. The molecule has 1 atom stereocenters. The zero-order valence-corrected chi connectivity index (χ0v) is 15.5. The number of hydrogen-bond acceptors (Lipinski definition) is 5. The van der Waals surface area contributed by atoms with Crippen LogP contribution in [0.3, 0.4) is 0 Å². The van der Waals surface area contributed by atoms with E-state index in [1.165, 1.54) is 10.9 Å². The monoisotopic (exact) mass is 361 g/mol. The van der Waals surface area contributed by atoms with Gasteiger partial charge in [-0.15, -0.1) is 0 Å². The number of rotatable bonds is 6. The topological polar surface area (TPSA) is 65.5 Å². The fourth-order valence-corrected chi connectivity index (χ4v) is 3.25. The smallest absolute Gasteiger partial charge is 0.176 e. The van der Waals surface area contributed by atoms with E-state index >= 15 is 0 Å². The molecule has 0 fully saturated rings. The second kappa shape index (κ2) is 7.63. The number of allylic oxidation sites excluding steroid dienone is 1. The first-order valence-electron chi connectivity index (χ1n) is 9.00. The van der Waals surface area contributed by atoms with Gasteiger partial charge >= 0.3 is 0 Å². The number of nitrogens with one attached hydrogen (secondary N) is 2. The molecule has 3 heterocycles. The van der Waals surface area contributed by atoms with E-state index in [2.05, 4.69) is 44.7 Å². The summed E-state index contributed by atoms with van der Waals surface area (Å²) >= 11 is 0. The van der Waals surface area contributed by atoms with Gasteiger partial charge in [0.1, 0.15) is 5.75 Å². The maximum Gasteiger partial charge on any atom is 0.176 e. The highest BCUT2D eigenvalue weighted by atomic mass is 16.5. The van der Waals surface area contributed by atoms with E-state index in [4.69, 9.17) is 9.73 Å². The molecule has 0 amide bonds. The predicted molar refractivity (Wildman–Crippen MR) is 108 cm³/mol. The standard InChI is InChI=1S/C21H23N5O/c1-26-12-8-19(15-5-9-22-10-6-15)25-21(26)23-11-7-16-14-24-20-4-3-17(27-2)13-18(16)20/h3-6,8-10,12-14,21,23-24H,7,11H2,1-2H3. The minimum Gasteiger partial charge on any atom is -0.497 e. The zero-order valence-electron chi connectivity index (χ0n) is 15.5. The molecule has 27 heavy (non-hydrogen) atoms. The molecule has 0 saturated carbocycles. The van der Waals surface area contributed by atoms with E-state index in [9.17, 15) is 0 Å². The predicted octanol–water partition coefficient (Wildman–Crippen LogP) is 2.94. The van der Waals surface area contributed by atoms with E-state index in [1.54, 1.807) is 19.5 Å². The second-order valence-electron chi connectivity index (χ2n) is 6.53. The van der Waals surface area contributed by atoms with E-state index in [1.807, 2.05) is 31.3 Å². The molecular weight excluding hydrogens is 338 g/mol. The molecule has 0 saturated heterocycles. The Kier molecular flexibility index (Phi) is 4.89. The summed E-state index contributed by atoms with van der Waals surface area (Å²) in [6.07, 6.45) is 10.5. The number of pyridine rings is 1. The molecule has 0 radical (unpaired) electrons. The molecule has 1 aliphatic heterocycles. The lowest BCUT2D eigenvalue weighted by Gasteiger charge is -2.28. The van der Waals surface area contributed by atoms with E-state index in [0.717, 1.165) is 35.5 Å². The Morgan fingerprint density at radius 2 is 2.07 bits per heavy atom. The molecule has 0 bridgehead atoms. The molecule has 2 aromatic heterocycles. The third kappa shape index (κ3) is 3.71. The maximum atomic E-state index is 5.35. The molecule has 2 N–H and O–H groups in total. The van der Waals surface area contributed by atoms with E-state index in [0.29, 0.717) is 0 Å². The van der Waals surface area contributed by atoms with Crippen molar-refractivity contribution in [3.63, 3.8) is 0 Å². The highest BCUT2D eigenvalue weighted by Crippen LogP contribution is 2.23. The average Bonchev–Trinajstić information content (AvgIpc) is 3.12. The number of methoxy groups -OCH3 is 1. The van der Waals surface area contributed by atoms with Crippen LogP contribution in [-0.4, -0.2) is 47.6 Å². The minimum atomic E-state index is -0.0853. The number of ether oxygens (including phenoxy) is 1. The first-order chi connectivity index (χ1) is 13.2. The summed E-state index contributed by atoms with van der Waals surface area (Å²) in [5, 5.41) is 4.73. The quantitative estimate of drug-likeness (QED) is 0.708. The maximum absolute atomic E-state index is 5.35. The lowest BCUT2D eigenvalue weighted by molar-refractivity contribution is 0.283. The van der Waals surface area contributed by atoms with Crippen molar-refractivity contribution in [2.45, 2.75) is 12.7 Å². The van der Waals surface area contributed by atoms with Crippen molar-refractivity contribution >= 4 is 16.6 Å². The van der Waals surface area contributed by atoms with Crippen molar-refractivity contribution < 1.29 is 4.74 Å². The molecule has 0 aliphatic carbocycles. The van der Waals surface area contributed by atoms with Crippen molar-refractivity contribution in [1.82, 2.24) is 20.2 Å². The van der Waals surface area contributed by atoms with Gasteiger partial charge in [-0.05, 0) is 48.4 Å². The molecule has 6 nitrogen and oxygen atoms in total. The molecule has 1 unspecified atom stereocenters. The number of H-pyrrole nitrogens is 1. The highest BCUT2D eigenvalue weighted by Gasteiger charge is 2.16. The highest BCUT2D eigenvalue weighted by molar-refractivity contribution is 6.08. The van der Waals surface area contributed by atoms with Crippen molar-refractivity contribution in [3.8, 4) is 5.75 Å². The SMILES string of the molecule is COc1ccc2[nH]cc(CCNC3N=C(c4ccncc4)C=CN3C)c2c1. The van der Waals surface area contributed by atoms with E-state index in [-0.39, 0.29) is 6.29 Å². The lowest BCUT2D eigenvalue weighted by atomic mass is 10.1. The van der Waals surface area contributed by atoms with Gasteiger partial charge < -0.3 is 14.6 Å². The van der Waals surface area contributed by atoms with Crippen LogP contribution in [0.25, 0.3) is 10.9 Å². The van der Waals surface area contributed by atoms with Crippen LogP contribution in [-0.2, 0) is 6.42 Å². The second-order valence-corrected chi connectivity index (χ2v) is 6.53. The van der Waals surface area contributed by atoms with Crippen molar-refractivity contribution in [1.29, 1.82) is 0 Å². The zero-order chi connectivity index (χ0) is 18.6. The fourth-order valence-electron chi connectivity index (χ4n) is 3.25. The van der Waals surface area contributed by atoms with Gasteiger partial charge in [-0.3, -0.25) is 10.3 Å². The Bertz CT molecular complexity index is 977. The molecule has 0 spiro atoms. The Labute approximate surface area is 158 Å². The average molecular weight is 361 g/mol. The fraction of sp³-hybridized carbons (Fsp3) is 0.238. The summed E-state index contributed by atoms with van der Waals surface area (Å²) in [5.74, 6) is 0.875. The Morgan fingerprint density at radius 3 is 2.89 bits per heavy atom. The van der Waals surface area contributed by atoms with Crippen molar-refractivity contribution in [2.24, 2.45) is 4.99 Å². The van der Waals surface area contributed by atoms with Crippen LogP contribution in [0.4, 0.5) is 0 Å². The number of benzene rings is 1. The van der Waals surface area contributed by atoms with Crippen molar-refractivity contribution in [3.05, 3.63) is 72.3 Å². The summed E-state index contributed by atoms with van der Waals surface area (Å²) in [5.41, 5.74) is 4.43. The van der Waals surface area contributed by atoms with Gasteiger partial charge in [-0.2, -0.15) is 0 Å². The number of aliphatic imine (C=N–C) groups is 1. The van der Waals surface area contributed by atoms with Gasteiger partial charge in [0.2, 0.25) is 0 Å². The number of aromatic amines is 1. The molecule has 6 heteroatoms. The molecule has 4 rings (SSSR count). The third-order valence-electron chi connectivity index (χ3n) is 4.79. The largest absolute Gasteiger partial charge is 0.497 e.